The minimum atomic E-state index is -4.45. The number of carbonyl (C=O) groups is 1. The van der Waals surface area contributed by atoms with Crippen molar-refractivity contribution < 1.29 is 32.2 Å². The monoisotopic (exact) mass is 348 g/mol. The molecule has 0 atom stereocenters. The maximum absolute atomic E-state index is 12.5. The molecule has 24 heavy (non-hydrogen) atoms. The number of nitrogens with one attached hydrogen (secondary N) is 1. The van der Waals surface area contributed by atoms with Crippen molar-refractivity contribution in [1.82, 2.24) is 5.32 Å². The Morgan fingerprint density at radius 3 is 2.25 bits per heavy atom. The number of benzene rings is 1. The van der Waals surface area contributed by atoms with Crippen LogP contribution < -0.4 is 5.32 Å². The van der Waals surface area contributed by atoms with E-state index in [0.29, 0.717) is 13.2 Å². The second-order valence-corrected chi connectivity index (χ2v) is 4.55. The number of rotatable bonds is 7. The second-order valence-electron chi connectivity index (χ2n) is 4.55. The zero-order chi connectivity index (χ0) is 18.0. The summed E-state index contributed by atoms with van der Waals surface area (Å²) < 4.78 is 52.5. The number of aliphatic imine (C=N–C) groups is 1. The molecule has 0 saturated carbocycles. The maximum Gasteiger partial charge on any atom is 0.416 e. The first kappa shape index (κ1) is 19.9. The van der Waals surface area contributed by atoms with Crippen LogP contribution in [0.2, 0.25) is 0 Å². The van der Waals surface area contributed by atoms with Crippen LogP contribution in [0, 0.1) is 0 Å². The first-order chi connectivity index (χ1) is 11.4. The minimum absolute atomic E-state index is 0.0472. The van der Waals surface area contributed by atoms with E-state index in [1.54, 1.807) is 0 Å². The van der Waals surface area contributed by atoms with Crippen molar-refractivity contribution in [3.63, 3.8) is 0 Å². The Morgan fingerprint density at radius 1 is 1.08 bits per heavy atom. The van der Waals surface area contributed by atoms with Crippen LogP contribution in [0.15, 0.2) is 29.3 Å². The van der Waals surface area contributed by atoms with Crippen LogP contribution in [0.5, 0.6) is 0 Å². The molecule has 0 fully saturated rings. The molecule has 1 amide bonds. The van der Waals surface area contributed by atoms with E-state index >= 15 is 0 Å². The van der Waals surface area contributed by atoms with Gasteiger partial charge in [-0.2, -0.15) is 13.2 Å². The first-order valence-corrected chi connectivity index (χ1v) is 7.02. The van der Waals surface area contributed by atoms with Crippen LogP contribution >= 0.6 is 0 Å². The average Bonchev–Trinajstić information content (AvgIpc) is 2.54. The van der Waals surface area contributed by atoms with Crippen molar-refractivity contribution in [2.75, 3.05) is 40.6 Å². The molecule has 0 aliphatic heterocycles. The molecule has 0 aliphatic carbocycles. The van der Waals surface area contributed by atoms with Crippen molar-refractivity contribution in [1.29, 1.82) is 0 Å². The molecule has 0 aromatic heterocycles. The van der Waals surface area contributed by atoms with Gasteiger partial charge in [-0.1, -0.05) is 0 Å². The third-order valence-electron chi connectivity index (χ3n) is 2.77. The Hall–Kier alpha value is -2.13. The lowest BCUT2D eigenvalue weighted by atomic mass is 10.1. The molecule has 134 valence electrons. The Balaban J connectivity index is 2.73. The zero-order valence-electron chi connectivity index (χ0n) is 13.4. The van der Waals surface area contributed by atoms with E-state index in [1.807, 2.05) is 0 Å². The highest BCUT2D eigenvalue weighted by molar-refractivity contribution is 6.04. The number of carbonyl (C=O) groups excluding carboxylic acids is 1. The summed E-state index contributed by atoms with van der Waals surface area (Å²) in [6.07, 6.45) is -4.45. The van der Waals surface area contributed by atoms with Crippen LogP contribution in [-0.4, -0.2) is 52.5 Å². The van der Waals surface area contributed by atoms with E-state index < -0.39 is 17.6 Å². The second kappa shape index (κ2) is 9.89. The summed E-state index contributed by atoms with van der Waals surface area (Å²) >= 11 is 0. The molecule has 0 saturated heterocycles. The summed E-state index contributed by atoms with van der Waals surface area (Å²) in [6.45, 7) is 1.04. The summed E-state index contributed by atoms with van der Waals surface area (Å²) in [5, 5.41) is 2.41. The van der Waals surface area contributed by atoms with Crippen molar-refractivity contribution in [3.8, 4) is 0 Å². The maximum atomic E-state index is 12.5. The van der Waals surface area contributed by atoms with Crippen LogP contribution in [0.25, 0.3) is 0 Å². The molecular weight excluding hydrogens is 329 g/mol. The Bertz CT molecular complexity index is 545. The van der Waals surface area contributed by atoms with Crippen molar-refractivity contribution in [3.05, 3.63) is 35.4 Å². The van der Waals surface area contributed by atoms with Crippen molar-refractivity contribution >= 4 is 11.9 Å². The quantitative estimate of drug-likeness (QED) is 0.465. The predicted octanol–water partition coefficient (Wildman–Crippen LogP) is 2.10. The van der Waals surface area contributed by atoms with Crippen LogP contribution in [0.4, 0.5) is 13.2 Å². The van der Waals surface area contributed by atoms with Gasteiger partial charge in [0.1, 0.15) is 6.61 Å². The van der Waals surface area contributed by atoms with Crippen LogP contribution in [-0.2, 0) is 20.4 Å². The van der Waals surface area contributed by atoms with Gasteiger partial charge in [-0.3, -0.25) is 10.1 Å². The van der Waals surface area contributed by atoms with Gasteiger partial charge in [-0.15, -0.1) is 0 Å². The smallest absolute Gasteiger partial charge is 0.416 e. The van der Waals surface area contributed by atoms with Gasteiger partial charge in [0, 0.05) is 19.8 Å². The molecule has 6 nitrogen and oxygen atoms in total. The molecule has 0 radical (unpaired) electrons. The van der Waals surface area contributed by atoms with E-state index in [4.69, 9.17) is 14.2 Å². The molecule has 1 aromatic carbocycles. The molecule has 9 heteroatoms. The fourth-order valence-electron chi connectivity index (χ4n) is 1.56. The van der Waals surface area contributed by atoms with Crippen molar-refractivity contribution in [2.24, 2.45) is 4.99 Å². The molecule has 0 heterocycles. The SMILES string of the molecule is COCCN=C(NC(=O)c1ccc(C(F)(F)F)cc1)OCCOC. The molecule has 1 aromatic rings. The van der Waals surface area contributed by atoms with E-state index in [1.165, 1.54) is 14.2 Å². The fraction of sp³-hybridized carbons (Fsp3) is 0.467. The number of alkyl halides is 3. The van der Waals surface area contributed by atoms with Gasteiger partial charge in [0.15, 0.2) is 0 Å². The van der Waals surface area contributed by atoms with Gasteiger partial charge in [0.25, 0.3) is 11.9 Å². The Kier molecular flexibility index (Phi) is 8.20. The van der Waals surface area contributed by atoms with E-state index in [-0.39, 0.29) is 24.7 Å². The summed E-state index contributed by atoms with van der Waals surface area (Å²) in [7, 11) is 2.99. The molecule has 1 rings (SSSR count). The number of amides is 1. The molecule has 0 aliphatic rings. The number of hydrogen-bond acceptors (Lipinski definition) is 5. The van der Waals surface area contributed by atoms with Gasteiger partial charge < -0.3 is 14.2 Å². The van der Waals surface area contributed by atoms with Gasteiger partial charge in [-0.05, 0) is 24.3 Å². The molecule has 0 bridgehead atoms. The molecular formula is C15H19F3N2O4. The largest absolute Gasteiger partial charge is 0.463 e. The van der Waals surface area contributed by atoms with Gasteiger partial charge in [0.05, 0.1) is 25.3 Å². The van der Waals surface area contributed by atoms with Crippen LogP contribution in [0.1, 0.15) is 15.9 Å². The highest BCUT2D eigenvalue weighted by atomic mass is 19.4. The van der Waals surface area contributed by atoms with Gasteiger partial charge in [0.2, 0.25) is 0 Å². The average molecular weight is 348 g/mol. The number of hydrogen-bond donors (Lipinski definition) is 1. The number of halogens is 3. The lowest BCUT2D eigenvalue weighted by Gasteiger charge is -2.11. The lowest BCUT2D eigenvalue weighted by molar-refractivity contribution is -0.137. The molecule has 0 unspecified atom stereocenters. The standard InChI is InChI=1S/C15H19F3N2O4/c1-22-8-7-19-14(24-10-9-23-2)20-13(21)11-3-5-12(6-4-11)15(16,17)18/h3-6H,7-10H2,1-2H3,(H,19,20,21). The number of nitrogens with zero attached hydrogens (tertiary/aromatic N) is 1. The van der Waals surface area contributed by atoms with Crippen molar-refractivity contribution in [2.45, 2.75) is 6.18 Å². The number of ether oxygens (including phenoxy) is 3. The van der Waals surface area contributed by atoms with Gasteiger partial charge >= 0.3 is 6.18 Å². The van der Waals surface area contributed by atoms with Crippen LogP contribution in [0.3, 0.4) is 0 Å². The highest BCUT2D eigenvalue weighted by Crippen LogP contribution is 2.29. The minimum Gasteiger partial charge on any atom is -0.463 e. The fourth-order valence-corrected chi connectivity index (χ4v) is 1.56. The topological polar surface area (TPSA) is 69.2 Å². The molecule has 0 spiro atoms. The number of amidine groups is 1. The highest BCUT2D eigenvalue weighted by Gasteiger charge is 2.30. The summed E-state index contributed by atoms with van der Waals surface area (Å²) in [4.78, 5) is 16.1. The van der Waals surface area contributed by atoms with E-state index in [2.05, 4.69) is 10.3 Å². The summed E-state index contributed by atoms with van der Waals surface area (Å²) in [5.41, 5.74) is -0.776. The first-order valence-electron chi connectivity index (χ1n) is 7.02. The van der Waals surface area contributed by atoms with Gasteiger partial charge in [-0.25, -0.2) is 4.99 Å². The molecule has 1 N–H and O–H groups in total. The van der Waals surface area contributed by atoms with E-state index in [9.17, 15) is 18.0 Å². The lowest BCUT2D eigenvalue weighted by Crippen LogP contribution is -2.33. The third kappa shape index (κ3) is 6.97. The predicted molar refractivity (Wildman–Crippen MR) is 80.9 cm³/mol. The Morgan fingerprint density at radius 2 is 1.71 bits per heavy atom. The normalized spacial score (nSPS) is 12.1. The number of methoxy groups -OCH3 is 2. The third-order valence-corrected chi connectivity index (χ3v) is 2.77. The summed E-state index contributed by atoms with van der Waals surface area (Å²) in [6, 6.07) is 3.79. The van der Waals surface area contributed by atoms with E-state index in [0.717, 1.165) is 24.3 Å². The summed E-state index contributed by atoms with van der Waals surface area (Å²) in [5.74, 6) is -0.627. The zero-order valence-corrected chi connectivity index (χ0v) is 13.4. The Labute approximate surface area is 137 Å².